The fourth-order valence-electron chi connectivity index (χ4n) is 3.63. The molecular weight excluding hydrogens is 562 g/mol. The molecule has 0 heterocycles. The number of carbonyl (C=O) groups is 4. The molecule has 1 amide bonds. The van der Waals surface area contributed by atoms with E-state index in [0.717, 1.165) is 12.1 Å². The van der Waals surface area contributed by atoms with Gasteiger partial charge in [-0.2, -0.15) is 0 Å². The number of benzene rings is 3. The summed E-state index contributed by atoms with van der Waals surface area (Å²) in [4.78, 5) is 49.5. The molecule has 3 rings (SSSR count). The number of halogens is 5. The summed E-state index contributed by atoms with van der Waals surface area (Å²) in [6, 6.07) is 14.3. The van der Waals surface area contributed by atoms with Crippen LogP contribution in [0.25, 0.3) is 0 Å². The van der Waals surface area contributed by atoms with Gasteiger partial charge in [-0.05, 0) is 48.0 Å². The van der Waals surface area contributed by atoms with Crippen molar-refractivity contribution in [3.63, 3.8) is 0 Å². The number of ketones is 2. The first-order chi connectivity index (χ1) is 18.3. The Morgan fingerprint density at radius 3 is 2.15 bits per heavy atom. The molecule has 0 saturated carbocycles. The maximum absolute atomic E-state index is 13.5. The maximum Gasteiger partial charge on any atom is 0.573 e. The number of hydrogen-bond donors (Lipinski definition) is 2. The summed E-state index contributed by atoms with van der Waals surface area (Å²) in [5, 5.41) is 11.5. The molecule has 0 bridgehead atoms. The highest BCUT2D eigenvalue weighted by Crippen LogP contribution is 2.31. The van der Waals surface area contributed by atoms with Gasteiger partial charge in [0.2, 0.25) is 0 Å². The quantitative estimate of drug-likeness (QED) is 0.256. The first-order valence-electron chi connectivity index (χ1n) is 11.3. The predicted molar refractivity (Wildman–Crippen MR) is 137 cm³/mol. The normalized spacial score (nSPS) is 11.9. The van der Waals surface area contributed by atoms with Gasteiger partial charge in [-0.15, -0.1) is 13.2 Å². The summed E-state index contributed by atoms with van der Waals surface area (Å²) in [5.74, 6) is -4.51. The number of nitrogens with one attached hydrogen (secondary N) is 1. The Morgan fingerprint density at radius 1 is 0.872 bits per heavy atom. The Hall–Kier alpha value is -3.89. The fraction of sp³-hybridized carbons (Fsp3) is 0.185. The molecule has 1 atom stereocenters. The van der Waals surface area contributed by atoms with E-state index in [2.05, 4.69) is 10.1 Å². The van der Waals surface area contributed by atoms with Gasteiger partial charge in [-0.3, -0.25) is 19.2 Å². The molecule has 39 heavy (non-hydrogen) atoms. The van der Waals surface area contributed by atoms with Crippen LogP contribution in [0.3, 0.4) is 0 Å². The first-order valence-corrected chi connectivity index (χ1v) is 12.1. The van der Waals surface area contributed by atoms with Gasteiger partial charge >= 0.3 is 12.3 Å². The molecule has 3 aromatic rings. The molecule has 12 heteroatoms. The van der Waals surface area contributed by atoms with Gasteiger partial charge in [0.05, 0.1) is 22.4 Å². The summed E-state index contributed by atoms with van der Waals surface area (Å²) in [6.07, 6.45) is -5.61. The highest BCUT2D eigenvalue weighted by Gasteiger charge is 2.32. The number of rotatable bonds is 11. The summed E-state index contributed by atoms with van der Waals surface area (Å²) < 4.78 is 42.0. The Morgan fingerprint density at radius 2 is 1.54 bits per heavy atom. The van der Waals surface area contributed by atoms with Crippen LogP contribution in [0, 0.1) is 0 Å². The average Bonchev–Trinajstić information content (AvgIpc) is 2.87. The lowest BCUT2D eigenvalue weighted by Gasteiger charge is -2.18. The van der Waals surface area contributed by atoms with E-state index in [-0.39, 0.29) is 46.1 Å². The molecule has 3 aromatic carbocycles. The van der Waals surface area contributed by atoms with Gasteiger partial charge in [-0.1, -0.05) is 47.5 Å². The predicted octanol–water partition coefficient (Wildman–Crippen LogP) is 6.34. The summed E-state index contributed by atoms with van der Waals surface area (Å²) in [7, 11) is 0. The van der Waals surface area contributed by atoms with Crippen LogP contribution in [0.2, 0.25) is 10.0 Å². The number of ether oxygens (including phenoxy) is 1. The van der Waals surface area contributed by atoms with E-state index < -0.39 is 41.5 Å². The lowest BCUT2D eigenvalue weighted by atomic mass is 9.85. The molecule has 2 N–H and O–H groups in total. The number of carbonyl (C=O) groups excluding carboxylic acids is 3. The van der Waals surface area contributed by atoms with Crippen LogP contribution < -0.4 is 10.1 Å². The molecule has 0 fully saturated rings. The fourth-order valence-corrected chi connectivity index (χ4v) is 3.93. The number of aliphatic carboxylic acids is 1. The second-order valence-corrected chi connectivity index (χ2v) is 9.08. The number of amides is 1. The van der Waals surface area contributed by atoms with E-state index in [1.807, 2.05) is 0 Å². The van der Waals surface area contributed by atoms with Crippen molar-refractivity contribution in [2.75, 3.05) is 6.54 Å². The van der Waals surface area contributed by atoms with Gasteiger partial charge in [0.15, 0.2) is 11.6 Å². The monoisotopic (exact) mass is 581 g/mol. The van der Waals surface area contributed by atoms with Crippen molar-refractivity contribution in [1.82, 2.24) is 5.32 Å². The molecule has 204 valence electrons. The second kappa shape index (κ2) is 12.8. The molecule has 0 aliphatic rings. The molecule has 0 saturated heterocycles. The number of Topliss-reactive ketones (excluding diaryl/α,β-unsaturated/α-hetero) is 2. The average molecular weight is 582 g/mol. The highest BCUT2D eigenvalue weighted by atomic mass is 35.5. The zero-order valence-corrected chi connectivity index (χ0v) is 21.4. The van der Waals surface area contributed by atoms with Crippen LogP contribution in [0.1, 0.15) is 55.4 Å². The zero-order chi connectivity index (χ0) is 28.7. The molecule has 0 aromatic heterocycles. The van der Waals surface area contributed by atoms with Crippen LogP contribution in [-0.2, 0) is 4.79 Å². The molecule has 0 spiro atoms. The number of alkyl halides is 3. The number of carboxylic acids is 1. The summed E-state index contributed by atoms with van der Waals surface area (Å²) in [6.45, 7) is -0.0917. The number of hydrogen-bond acceptors (Lipinski definition) is 5. The van der Waals surface area contributed by atoms with Crippen molar-refractivity contribution in [3.8, 4) is 5.75 Å². The molecule has 7 nitrogen and oxygen atoms in total. The van der Waals surface area contributed by atoms with Crippen LogP contribution in [0.4, 0.5) is 13.2 Å². The van der Waals surface area contributed by atoms with E-state index in [4.69, 9.17) is 28.3 Å². The molecular formula is C27H20Cl2F3NO6. The van der Waals surface area contributed by atoms with Crippen molar-refractivity contribution in [2.45, 2.75) is 25.1 Å². The minimum Gasteiger partial charge on any atom is -0.481 e. The van der Waals surface area contributed by atoms with E-state index in [9.17, 15) is 32.3 Å². The van der Waals surface area contributed by atoms with Crippen LogP contribution >= 0.6 is 23.2 Å². The van der Waals surface area contributed by atoms with Gasteiger partial charge < -0.3 is 15.2 Å². The lowest BCUT2D eigenvalue weighted by Crippen LogP contribution is -2.26. The van der Waals surface area contributed by atoms with E-state index in [1.54, 1.807) is 0 Å². The van der Waals surface area contributed by atoms with Crippen molar-refractivity contribution >= 4 is 46.6 Å². The van der Waals surface area contributed by atoms with Crippen LogP contribution in [0.15, 0.2) is 66.7 Å². The zero-order valence-electron chi connectivity index (χ0n) is 19.9. The second-order valence-electron chi connectivity index (χ2n) is 8.27. The molecule has 1 unspecified atom stereocenters. The van der Waals surface area contributed by atoms with Gasteiger partial charge in [0.1, 0.15) is 5.75 Å². The summed E-state index contributed by atoms with van der Waals surface area (Å²) >= 11 is 11.9. The highest BCUT2D eigenvalue weighted by molar-refractivity contribution is 6.42. The SMILES string of the molecule is O=C(O)CCNC(=O)c1ccc(C(CC(=O)c2ccc(Cl)c(Cl)c2)C(=O)c2cccc(OC(F)(F)F)c2)cc1. The maximum atomic E-state index is 13.5. The third-order valence-corrected chi connectivity index (χ3v) is 6.24. The third kappa shape index (κ3) is 8.56. The topological polar surface area (TPSA) is 110 Å². The minimum atomic E-state index is -4.97. The van der Waals surface area contributed by atoms with E-state index >= 15 is 0 Å². The Bertz CT molecular complexity index is 1390. The Labute approximate surface area is 230 Å². The Kier molecular flexibility index (Phi) is 9.71. The number of carboxylic acid groups (broad SMARTS) is 1. The van der Waals surface area contributed by atoms with Crippen molar-refractivity contribution in [3.05, 3.63) is 99.0 Å². The van der Waals surface area contributed by atoms with Gasteiger partial charge in [-0.25, -0.2) is 0 Å². The molecule has 0 aliphatic carbocycles. The van der Waals surface area contributed by atoms with Gasteiger partial charge in [0.25, 0.3) is 5.91 Å². The first kappa shape index (κ1) is 29.7. The third-order valence-electron chi connectivity index (χ3n) is 5.50. The minimum absolute atomic E-state index is 0.0917. The van der Waals surface area contributed by atoms with Crippen molar-refractivity contribution < 1.29 is 42.2 Å². The van der Waals surface area contributed by atoms with E-state index in [0.29, 0.717) is 5.56 Å². The molecule has 0 aliphatic heterocycles. The standard InChI is InChI=1S/C27H20Cl2F3NO6/c28-21-9-8-17(13-22(21)29)23(34)14-20(25(37)18-2-1-3-19(12-18)39-27(30,31)32)15-4-6-16(7-5-15)26(38)33-11-10-24(35)36/h1-9,12-13,20H,10-11,14H2,(H,33,38)(H,35,36). The Balaban J connectivity index is 1.92. The van der Waals surface area contributed by atoms with Crippen LogP contribution in [0.5, 0.6) is 5.75 Å². The lowest BCUT2D eigenvalue weighted by molar-refractivity contribution is -0.274. The summed E-state index contributed by atoms with van der Waals surface area (Å²) in [5.41, 5.74) is 0.536. The molecule has 0 radical (unpaired) electrons. The van der Waals surface area contributed by atoms with Crippen molar-refractivity contribution in [2.24, 2.45) is 0 Å². The largest absolute Gasteiger partial charge is 0.573 e. The van der Waals surface area contributed by atoms with Crippen LogP contribution in [-0.4, -0.2) is 41.5 Å². The van der Waals surface area contributed by atoms with E-state index in [1.165, 1.54) is 54.6 Å². The smallest absolute Gasteiger partial charge is 0.481 e. The van der Waals surface area contributed by atoms with Gasteiger partial charge in [0, 0.05) is 29.7 Å². The van der Waals surface area contributed by atoms with Crippen molar-refractivity contribution in [1.29, 1.82) is 0 Å².